The van der Waals surface area contributed by atoms with Crippen LogP contribution in [0.4, 0.5) is 0 Å². The van der Waals surface area contributed by atoms with Crippen LogP contribution in [0.2, 0.25) is 0 Å². The molecular formula is C10H10O4. The molecule has 0 radical (unpaired) electrons. The first-order chi connectivity index (χ1) is 6.75. The molecule has 4 heteroatoms. The van der Waals surface area contributed by atoms with E-state index in [9.17, 15) is 4.79 Å². The summed E-state index contributed by atoms with van der Waals surface area (Å²) in [5.41, 5.74) is 0.264. The highest BCUT2D eigenvalue weighted by molar-refractivity contribution is 5.87. The van der Waals surface area contributed by atoms with Crippen LogP contribution in [-0.4, -0.2) is 30.4 Å². The lowest BCUT2D eigenvalue weighted by molar-refractivity contribution is 0.0697. The number of carbonyl (C=O) groups is 1. The van der Waals surface area contributed by atoms with Crippen LogP contribution in [0.15, 0.2) is 24.3 Å². The second-order valence-electron chi connectivity index (χ2n) is 3.10. The lowest BCUT2D eigenvalue weighted by Gasteiger charge is -2.03. The van der Waals surface area contributed by atoms with Gasteiger partial charge in [-0.3, -0.25) is 0 Å². The topological polar surface area (TPSA) is 59.1 Å². The summed E-state index contributed by atoms with van der Waals surface area (Å²) in [4.78, 5) is 10.5. The van der Waals surface area contributed by atoms with Crippen molar-refractivity contribution in [1.29, 1.82) is 0 Å². The molecule has 0 saturated carbocycles. The van der Waals surface area contributed by atoms with Gasteiger partial charge in [-0.15, -0.1) is 0 Å². The van der Waals surface area contributed by atoms with Gasteiger partial charge in [-0.1, -0.05) is 0 Å². The molecule has 0 bridgehead atoms. The van der Waals surface area contributed by atoms with Crippen LogP contribution < -0.4 is 4.74 Å². The van der Waals surface area contributed by atoms with Crippen molar-refractivity contribution < 1.29 is 19.4 Å². The van der Waals surface area contributed by atoms with Gasteiger partial charge in [0.2, 0.25) is 0 Å². The first-order valence-corrected chi connectivity index (χ1v) is 4.33. The molecule has 1 aromatic carbocycles. The highest BCUT2D eigenvalue weighted by Crippen LogP contribution is 2.15. The number of ether oxygens (including phenoxy) is 2. The highest BCUT2D eigenvalue weighted by atomic mass is 16.6. The van der Waals surface area contributed by atoms with E-state index in [1.165, 1.54) is 12.1 Å². The zero-order chi connectivity index (χ0) is 9.97. The van der Waals surface area contributed by atoms with Crippen LogP contribution in [0.1, 0.15) is 10.4 Å². The van der Waals surface area contributed by atoms with Gasteiger partial charge in [0.25, 0.3) is 0 Å². The lowest BCUT2D eigenvalue weighted by atomic mass is 10.2. The van der Waals surface area contributed by atoms with Crippen LogP contribution in [0.5, 0.6) is 5.75 Å². The van der Waals surface area contributed by atoms with Gasteiger partial charge in [0.05, 0.1) is 12.2 Å². The standard InChI is InChI=1S/C10H10O4/c11-10(12)7-1-3-8(4-2-7)13-5-9-6-14-9/h1-4,9H,5-6H2,(H,11,12). The lowest BCUT2D eigenvalue weighted by Crippen LogP contribution is -2.04. The van der Waals surface area contributed by atoms with E-state index in [1.54, 1.807) is 12.1 Å². The minimum Gasteiger partial charge on any atom is -0.491 e. The van der Waals surface area contributed by atoms with Crippen molar-refractivity contribution in [1.82, 2.24) is 0 Å². The van der Waals surface area contributed by atoms with Crippen molar-refractivity contribution in [2.75, 3.05) is 13.2 Å². The van der Waals surface area contributed by atoms with E-state index in [4.69, 9.17) is 14.6 Å². The fourth-order valence-corrected chi connectivity index (χ4v) is 1.05. The summed E-state index contributed by atoms with van der Waals surface area (Å²) in [6, 6.07) is 6.33. The Morgan fingerprint density at radius 2 is 2.14 bits per heavy atom. The van der Waals surface area contributed by atoms with Gasteiger partial charge in [-0.05, 0) is 24.3 Å². The van der Waals surface area contributed by atoms with E-state index in [0.717, 1.165) is 6.61 Å². The Kier molecular flexibility index (Phi) is 2.37. The Morgan fingerprint density at radius 3 is 2.64 bits per heavy atom. The Bertz CT molecular complexity index is 326. The van der Waals surface area contributed by atoms with E-state index < -0.39 is 5.97 Å². The maximum atomic E-state index is 10.5. The number of epoxide rings is 1. The van der Waals surface area contributed by atoms with E-state index in [-0.39, 0.29) is 11.7 Å². The summed E-state index contributed by atoms with van der Waals surface area (Å²) < 4.78 is 10.3. The number of aromatic carboxylic acids is 1. The molecular weight excluding hydrogens is 184 g/mol. The third-order valence-corrected chi connectivity index (χ3v) is 1.94. The van der Waals surface area contributed by atoms with Crippen LogP contribution in [0.3, 0.4) is 0 Å². The average molecular weight is 194 g/mol. The monoisotopic (exact) mass is 194 g/mol. The predicted molar refractivity (Wildman–Crippen MR) is 48.6 cm³/mol. The predicted octanol–water partition coefficient (Wildman–Crippen LogP) is 1.16. The number of rotatable bonds is 4. The van der Waals surface area contributed by atoms with E-state index in [0.29, 0.717) is 12.4 Å². The van der Waals surface area contributed by atoms with E-state index >= 15 is 0 Å². The molecule has 4 nitrogen and oxygen atoms in total. The summed E-state index contributed by atoms with van der Waals surface area (Å²) in [5.74, 6) is -0.257. The third-order valence-electron chi connectivity index (χ3n) is 1.94. The maximum absolute atomic E-state index is 10.5. The summed E-state index contributed by atoms with van der Waals surface area (Å²) in [5, 5.41) is 8.64. The van der Waals surface area contributed by atoms with Gasteiger partial charge >= 0.3 is 5.97 Å². The smallest absolute Gasteiger partial charge is 0.335 e. The first-order valence-electron chi connectivity index (χ1n) is 4.33. The molecule has 1 heterocycles. The van der Waals surface area contributed by atoms with Crippen molar-refractivity contribution in [2.24, 2.45) is 0 Å². The summed E-state index contributed by atoms with van der Waals surface area (Å²) in [7, 11) is 0. The molecule has 1 aliphatic rings. The van der Waals surface area contributed by atoms with Crippen LogP contribution in [0, 0.1) is 0 Å². The molecule has 1 aliphatic heterocycles. The number of carboxylic acid groups (broad SMARTS) is 1. The zero-order valence-electron chi connectivity index (χ0n) is 7.47. The van der Waals surface area contributed by atoms with Crippen molar-refractivity contribution >= 4 is 5.97 Å². The normalized spacial score (nSPS) is 19.0. The fraction of sp³-hybridized carbons (Fsp3) is 0.300. The minimum atomic E-state index is -0.929. The quantitative estimate of drug-likeness (QED) is 0.731. The number of hydrogen-bond donors (Lipinski definition) is 1. The van der Waals surface area contributed by atoms with Gasteiger partial charge < -0.3 is 14.6 Å². The molecule has 1 fully saturated rings. The van der Waals surface area contributed by atoms with Gasteiger partial charge in [0, 0.05) is 0 Å². The fourth-order valence-electron chi connectivity index (χ4n) is 1.05. The van der Waals surface area contributed by atoms with Gasteiger partial charge in [-0.2, -0.15) is 0 Å². The maximum Gasteiger partial charge on any atom is 0.335 e. The van der Waals surface area contributed by atoms with Gasteiger partial charge in [0.15, 0.2) is 0 Å². The van der Waals surface area contributed by atoms with Crippen LogP contribution in [-0.2, 0) is 4.74 Å². The Hall–Kier alpha value is -1.55. The number of hydrogen-bond acceptors (Lipinski definition) is 3. The van der Waals surface area contributed by atoms with Crippen LogP contribution >= 0.6 is 0 Å². The van der Waals surface area contributed by atoms with E-state index in [1.807, 2.05) is 0 Å². The van der Waals surface area contributed by atoms with Gasteiger partial charge in [0.1, 0.15) is 18.5 Å². The Balaban J connectivity index is 1.94. The molecule has 1 aromatic rings. The van der Waals surface area contributed by atoms with E-state index in [2.05, 4.69) is 0 Å². The van der Waals surface area contributed by atoms with Crippen molar-refractivity contribution in [3.05, 3.63) is 29.8 Å². The highest BCUT2D eigenvalue weighted by Gasteiger charge is 2.22. The first kappa shape index (κ1) is 9.02. The second kappa shape index (κ2) is 3.67. The van der Waals surface area contributed by atoms with Crippen LogP contribution in [0.25, 0.3) is 0 Å². The molecule has 74 valence electrons. The summed E-state index contributed by atoms with van der Waals surface area (Å²) in [6.45, 7) is 1.29. The molecule has 0 aromatic heterocycles. The van der Waals surface area contributed by atoms with Gasteiger partial charge in [-0.25, -0.2) is 4.79 Å². The largest absolute Gasteiger partial charge is 0.491 e. The third kappa shape index (κ3) is 2.23. The summed E-state index contributed by atoms with van der Waals surface area (Å²) in [6.07, 6.45) is 0.217. The molecule has 0 aliphatic carbocycles. The van der Waals surface area contributed by atoms with Crippen molar-refractivity contribution in [3.8, 4) is 5.75 Å². The Labute approximate surface area is 81.1 Å². The molecule has 1 saturated heterocycles. The SMILES string of the molecule is O=C(O)c1ccc(OCC2CO2)cc1. The van der Waals surface area contributed by atoms with Crippen molar-refractivity contribution in [3.63, 3.8) is 0 Å². The Morgan fingerprint density at radius 1 is 1.50 bits per heavy atom. The number of benzene rings is 1. The molecule has 14 heavy (non-hydrogen) atoms. The molecule has 0 amide bonds. The molecule has 1 unspecified atom stereocenters. The molecule has 1 atom stereocenters. The molecule has 2 rings (SSSR count). The second-order valence-corrected chi connectivity index (χ2v) is 3.10. The molecule has 1 N–H and O–H groups in total. The van der Waals surface area contributed by atoms with Crippen molar-refractivity contribution in [2.45, 2.75) is 6.10 Å². The average Bonchev–Trinajstić information content (AvgIpc) is 2.99. The number of carboxylic acids is 1. The molecule has 0 spiro atoms. The zero-order valence-corrected chi connectivity index (χ0v) is 7.47. The summed E-state index contributed by atoms with van der Waals surface area (Å²) >= 11 is 0. The minimum absolute atomic E-state index is 0.217.